The molecule has 0 unspecified atom stereocenters. The molecule has 1 rings (SSSR count). The number of rotatable bonds is 4. The Morgan fingerprint density at radius 1 is 1.54 bits per heavy atom. The number of nitrogens with zero attached hydrogens (tertiary/aromatic N) is 2. The fourth-order valence-electron chi connectivity index (χ4n) is 0.747. The summed E-state index contributed by atoms with van der Waals surface area (Å²) in [7, 11) is 0. The van der Waals surface area contributed by atoms with Gasteiger partial charge in [-0.2, -0.15) is 9.36 Å². The van der Waals surface area contributed by atoms with Crippen LogP contribution >= 0.6 is 11.5 Å². The van der Waals surface area contributed by atoms with Crippen LogP contribution in [0.1, 0.15) is 27.2 Å². The van der Waals surface area contributed by atoms with Crippen LogP contribution in [-0.2, 0) is 0 Å². The molecule has 0 bridgehead atoms. The minimum Gasteiger partial charge on any atom is -0.367 e. The predicted octanol–water partition coefficient (Wildman–Crippen LogP) is 1.97. The van der Waals surface area contributed by atoms with Gasteiger partial charge in [0.05, 0.1) is 0 Å². The molecule has 4 nitrogen and oxygen atoms in total. The van der Waals surface area contributed by atoms with Crippen molar-refractivity contribution < 1.29 is 0 Å². The first-order valence-corrected chi connectivity index (χ1v) is 5.14. The maximum Gasteiger partial charge on any atom is 0.233 e. The molecular weight excluding hydrogens is 184 g/mol. The van der Waals surface area contributed by atoms with E-state index in [0.29, 0.717) is 11.4 Å². The van der Waals surface area contributed by atoms with Gasteiger partial charge in [-0.1, -0.05) is 20.8 Å². The molecule has 1 heterocycles. The number of hydrogen-bond acceptors (Lipinski definition) is 5. The van der Waals surface area contributed by atoms with E-state index in [1.54, 1.807) is 0 Å². The molecule has 74 valence electrons. The number of nitrogen functional groups attached to an aromatic ring is 1. The van der Waals surface area contributed by atoms with Gasteiger partial charge in [0.1, 0.15) is 0 Å². The molecule has 3 N–H and O–H groups in total. The molecule has 0 aromatic carbocycles. The van der Waals surface area contributed by atoms with Crippen LogP contribution in [0.15, 0.2) is 0 Å². The quantitative estimate of drug-likeness (QED) is 0.780. The largest absolute Gasteiger partial charge is 0.367 e. The third kappa shape index (κ3) is 3.18. The number of hydrogen-bond donors (Lipinski definition) is 2. The first kappa shape index (κ1) is 10.2. The van der Waals surface area contributed by atoms with Gasteiger partial charge in [-0.05, 0) is 11.8 Å². The van der Waals surface area contributed by atoms with E-state index < -0.39 is 0 Å². The Kier molecular flexibility index (Phi) is 3.08. The first-order chi connectivity index (χ1) is 6.03. The van der Waals surface area contributed by atoms with Crippen molar-refractivity contribution >= 4 is 22.6 Å². The highest BCUT2D eigenvalue weighted by Crippen LogP contribution is 2.21. The molecule has 1 aromatic rings. The number of nitrogens with two attached hydrogens (primary N) is 1. The molecule has 0 fully saturated rings. The lowest BCUT2D eigenvalue weighted by Gasteiger charge is -2.22. The summed E-state index contributed by atoms with van der Waals surface area (Å²) >= 11 is 1.30. The lowest BCUT2D eigenvalue weighted by Crippen LogP contribution is -2.21. The summed E-state index contributed by atoms with van der Waals surface area (Å²) in [4.78, 5) is 4.02. The Morgan fingerprint density at radius 3 is 2.69 bits per heavy atom. The van der Waals surface area contributed by atoms with E-state index in [1.807, 2.05) is 0 Å². The van der Waals surface area contributed by atoms with Gasteiger partial charge in [-0.3, -0.25) is 0 Å². The number of nitrogens with one attached hydrogen (secondary N) is 1. The van der Waals surface area contributed by atoms with Crippen LogP contribution in [0.5, 0.6) is 0 Å². The van der Waals surface area contributed by atoms with Crippen LogP contribution in [0.4, 0.5) is 11.1 Å². The second kappa shape index (κ2) is 3.91. The van der Waals surface area contributed by atoms with E-state index in [0.717, 1.165) is 18.1 Å². The summed E-state index contributed by atoms with van der Waals surface area (Å²) in [5.41, 5.74) is 5.69. The van der Waals surface area contributed by atoms with Gasteiger partial charge in [-0.25, -0.2) is 0 Å². The van der Waals surface area contributed by atoms with Crippen molar-refractivity contribution in [1.29, 1.82) is 0 Å². The lowest BCUT2D eigenvalue weighted by molar-refractivity contribution is 0.377. The van der Waals surface area contributed by atoms with E-state index >= 15 is 0 Å². The standard InChI is InChI=1S/C8H16N4S/c1-4-8(2,3)5-10-7-11-6(9)12-13-7/h4-5H2,1-3H3,(H3,9,10,11,12). The lowest BCUT2D eigenvalue weighted by atomic mass is 9.90. The topological polar surface area (TPSA) is 63.8 Å². The molecule has 0 aliphatic rings. The van der Waals surface area contributed by atoms with Crippen molar-refractivity contribution in [2.45, 2.75) is 27.2 Å². The Hall–Kier alpha value is -0.840. The van der Waals surface area contributed by atoms with E-state index in [-0.39, 0.29) is 0 Å². The molecule has 0 amide bonds. The Labute approximate surface area is 82.7 Å². The molecule has 0 atom stereocenters. The molecule has 0 saturated heterocycles. The van der Waals surface area contributed by atoms with Crippen molar-refractivity contribution in [3.8, 4) is 0 Å². The minimum absolute atomic E-state index is 0.292. The molecular formula is C8H16N4S. The molecule has 0 spiro atoms. The van der Waals surface area contributed by atoms with Crippen LogP contribution in [0, 0.1) is 5.41 Å². The molecule has 1 aromatic heterocycles. The van der Waals surface area contributed by atoms with E-state index in [2.05, 4.69) is 35.4 Å². The predicted molar refractivity (Wildman–Crippen MR) is 56.9 cm³/mol. The van der Waals surface area contributed by atoms with Gasteiger partial charge in [0, 0.05) is 18.1 Å². The summed E-state index contributed by atoms with van der Waals surface area (Å²) in [6, 6.07) is 0. The van der Waals surface area contributed by atoms with Crippen LogP contribution in [-0.4, -0.2) is 15.9 Å². The minimum atomic E-state index is 0.292. The van der Waals surface area contributed by atoms with Crippen molar-refractivity contribution in [2.75, 3.05) is 17.6 Å². The second-order valence-corrected chi connectivity index (χ2v) is 4.58. The number of aromatic nitrogens is 2. The molecule has 13 heavy (non-hydrogen) atoms. The van der Waals surface area contributed by atoms with Crippen LogP contribution in [0.3, 0.4) is 0 Å². The van der Waals surface area contributed by atoms with Gasteiger partial charge < -0.3 is 11.1 Å². The third-order valence-corrected chi connectivity index (χ3v) is 2.80. The summed E-state index contributed by atoms with van der Waals surface area (Å²) in [6.45, 7) is 7.50. The van der Waals surface area contributed by atoms with Crippen LogP contribution in [0.2, 0.25) is 0 Å². The average molecular weight is 200 g/mol. The van der Waals surface area contributed by atoms with Crippen molar-refractivity contribution in [3.63, 3.8) is 0 Å². The highest BCUT2D eigenvalue weighted by molar-refractivity contribution is 7.09. The molecule has 0 aliphatic heterocycles. The zero-order valence-electron chi connectivity index (χ0n) is 8.29. The van der Waals surface area contributed by atoms with Crippen LogP contribution in [0.25, 0.3) is 0 Å². The van der Waals surface area contributed by atoms with Gasteiger partial charge in [-0.15, -0.1) is 0 Å². The fraction of sp³-hybridized carbons (Fsp3) is 0.750. The molecule has 0 saturated carbocycles. The van der Waals surface area contributed by atoms with Gasteiger partial charge in [0.2, 0.25) is 11.1 Å². The van der Waals surface area contributed by atoms with Crippen molar-refractivity contribution in [1.82, 2.24) is 9.36 Å². The van der Waals surface area contributed by atoms with E-state index in [1.165, 1.54) is 11.5 Å². The van der Waals surface area contributed by atoms with Crippen molar-refractivity contribution in [2.24, 2.45) is 5.41 Å². The molecule has 0 aliphatic carbocycles. The first-order valence-electron chi connectivity index (χ1n) is 4.36. The Bertz CT molecular complexity index is 269. The van der Waals surface area contributed by atoms with E-state index in [4.69, 9.17) is 5.73 Å². The van der Waals surface area contributed by atoms with Crippen LogP contribution < -0.4 is 11.1 Å². The zero-order valence-corrected chi connectivity index (χ0v) is 9.11. The summed E-state index contributed by atoms with van der Waals surface area (Å²) in [5.74, 6) is 0.349. The zero-order chi connectivity index (χ0) is 9.90. The highest BCUT2D eigenvalue weighted by Gasteiger charge is 2.15. The average Bonchev–Trinajstić information content (AvgIpc) is 2.48. The smallest absolute Gasteiger partial charge is 0.233 e. The van der Waals surface area contributed by atoms with Gasteiger partial charge in [0.15, 0.2) is 0 Å². The maximum atomic E-state index is 5.40. The van der Waals surface area contributed by atoms with Gasteiger partial charge >= 0.3 is 0 Å². The Morgan fingerprint density at radius 2 is 2.23 bits per heavy atom. The SMILES string of the molecule is CCC(C)(C)CNc1nc(N)ns1. The summed E-state index contributed by atoms with van der Waals surface area (Å²) < 4.78 is 3.89. The molecule has 5 heteroatoms. The van der Waals surface area contributed by atoms with Gasteiger partial charge in [0.25, 0.3) is 0 Å². The third-order valence-electron chi connectivity index (χ3n) is 2.12. The summed E-state index contributed by atoms with van der Waals surface area (Å²) in [6.07, 6.45) is 1.13. The number of anilines is 2. The fourth-order valence-corrected chi connectivity index (χ4v) is 1.24. The maximum absolute atomic E-state index is 5.40. The second-order valence-electron chi connectivity index (χ2n) is 3.83. The molecule has 0 radical (unpaired) electrons. The van der Waals surface area contributed by atoms with E-state index in [9.17, 15) is 0 Å². The Balaban J connectivity index is 2.43. The monoisotopic (exact) mass is 200 g/mol. The summed E-state index contributed by atoms with van der Waals surface area (Å²) in [5, 5.41) is 4.03. The normalized spacial score (nSPS) is 11.6. The highest BCUT2D eigenvalue weighted by atomic mass is 32.1. The van der Waals surface area contributed by atoms with Crippen molar-refractivity contribution in [3.05, 3.63) is 0 Å².